The molecule has 24 heavy (non-hydrogen) atoms. The third kappa shape index (κ3) is 4.77. The van der Waals surface area contributed by atoms with Crippen molar-refractivity contribution in [2.45, 2.75) is 19.4 Å². The molecule has 3 aromatic carbocycles. The minimum atomic E-state index is 0.580. The Hall–Kier alpha value is -1.96. The molecule has 0 N–H and O–H groups in total. The molecule has 0 radical (unpaired) electrons. The zero-order valence-electron chi connectivity index (χ0n) is 13.2. The Labute approximate surface area is 152 Å². The van der Waals surface area contributed by atoms with Crippen molar-refractivity contribution in [3.8, 4) is 5.75 Å². The van der Waals surface area contributed by atoms with Crippen molar-refractivity contribution >= 4 is 23.2 Å². The molecular weight excluding hydrogens is 339 g/mol. The summed E-state index contributed by atoms with van der Waals surface area (Å²) < 4.78 is 5.88. The second-order valence-electron chi connectivity index (χ2n) is 5.67. The zero-order valence-corrected chi connectivity index (χ0v) is 14.7. The second kappa shape index (κ2) is 8.23. The van der Waals surface area contributed by atoms with E-state index < -0.39 is 0 Å². The molecule has 0 fully saturated rings. The van der Waals surface area contributed by atoms with Crippen LogP contribution in [0, 0.1) is 0 Å². The fraction of sp³-hybridized carbons (Fsp3) is 0.143. The van der Waals surface area contributed by atoms with Gasteiger partial charge in [0.05, 0.1) is 10.0 Å². The first-order valence-electron chi connectivity index (χ1n) is 7.90. The Morgan fingerprint density at radius 3 is 2.08 bits per heavy atom. The summed E-state index contributed by atoms with van der Waals surface area (Å²) in [6.07, 6.45) is 1.85. The van der Waals surface area contributed by atoms with Crippen molar-refractivity contribution in [3.05, 3.63) is 99.5 Å². The molecule has 0 aliphatic heterocycles. The summed E-state index contributed by atoms with van der Waals surface area (Å²) in [5.41, 5.74) is 3.59. The average Bonchev–Trinajstić information content (AvgIpc) is 2.62. The van der Waals surface area contributed by atoms with Crippen LogP contribution in [0.25, 0.3) is 0 Å². The van der Waals surface area contributed by atoms with E-state index in [-0.39, 0.29) is 0 Å². The van der Waals surface area contributed by atoms with Gasteiger partial charge in [-0.05, 0) is 53.8 Å². The number of hydrogen-bond acceptors (Lipinski definition) is 1. The van der Waals surface area contributed by atoms with Crippen LogP contribution in [0.2, 0.25) is 10.0 Å². The lowest BCUT2D eigenvalue weighted by Crippen LogP contribution is -1.96. The summed E-state index contributed by atoms with van der Waals surface area (Å²) in [7, 11) is 0. The van der Waals surface area contributed by atoms with Crippen molar-refractivity contribution < 1.29 is 4.74 Å². The lowest BCUT2D eigenvalue weighted by atomic mass is 10.0. The first kappa shape index (κ1) is 16.9. The molecule has 3 rings (SSSR count). The van der Waals surface area contributed by atoms with Gasteiger partial charge in [0, 0.05) is 0 Å². The van der Waals surface area contributed by atoms with E-state index in [4.69, 9.17) is 27.9 Å². The van der Waals surface area contributed by atoms with Gasteiger partial charge in [-0.25, -0.2) is 0 Å². The molecule has 0 unspecified atom stereocenters. The molecule has 0 aromatic heterocycles. The normalized spacial score (nSPS) is 10.6. The fourth-order valence-corrected chi connectivity index (χ4v) is 2.84. The van der Waals surface area contributed by atoms with Gasteiger partial charge in [0.25, 0.3) is 0 Å². The summed E-state index contributed by atoms with van der Waals surface area (Å²) in [5.74, 6) is 0.894. The molecule has 0 amide bonds. The van der Waals surface area contributed by atoms with Crippen LogP contribution in [0.15, 0.2) is 72.8 Å². The highest BCUT2D eigenvalue weighted by Gasteiger charge is 2.02. The topological polar surface area (TPSA) is 9.23 Å². The monoisotopic (exact) mass is 356 g/mol. The van der Waals surface area contributed by atoms with Gasteiger partial charge in [-0.1, -0.05) is 71.7 Å². The summed E-state index contributed by atoms with van der Waals surface area (Å²) in [5, 5.41) is 1.20. The summed E-state index contributed by atoms with van der Waals surface area (Å²) in [6.45, 7) is 0.580. The summed E-state index contributed by atoms with van der Waals surface area (Å²) in [4.78, 5) is 0. The van der Waals surface area contributed by atoms with Crippen molar-refractivity contribution in [3.63, 3.8) is 0 Å². The van der Waals surface area contributed by atoms with Gasteiger partial charge >= 0.3 is 0 Å². The zero-order chi connectivity index (χ0) is 16.8. The van der Waals surface area contributed by atoms with Crippen LogP contribution in [0.5, 0.6) is 5.75 Å². The first-order chi connectivity index (χ1) is 11.7. The molecule has 0 saturated heterocycles. The average molecular weight is 357 g/mol. The van der Waals surface area contributed by atoms with Gasteiger partial charge in [0.15, 0.2) is 0 Å². The van der Waals surface area contributed by atoms with Crippen LogP contribution in [-0.2, 0) is 19.4 Å². The SMILES string of the molecule is Clc1ccc(CCc2cccc(OCc3ccccc3)c2)cc1Cl. The predicted octanol–water partition coefficient (Wildman–Crippen LogP) is 6.36. The van der Waals surface area contributed by atoms with Crippen LogP contribution >= 0.6 is 23.2 Å². The van der Waals surface area contributed by atoms with Gasteiger partial charge in [-0.3, -0.25) is 0 Å². The highest BCUT2D eigenvalue weighted by molar-refractivity contribution is 6.42. The molecule has 122 valence electrons. The highest BCUT2D eigenvalue weighted by atomic mass is 35.5. The van der Waals surface area contributed by atoms with Crippen LogP contribution in [0.4, 0.5) is 0 Å². The molecule has 0 aliphatic carbocycles. The van der Waals surface area contributed by atoms with Crippen molar-refractivity contribution in [1.29, 1.82) is 0 Å². The van der Waals surface area contributed by atoms with Crippen LogP contribution < -0.4 is 4.74 Å². The van der Waals surface area contributed by atoms with Crippen LogP contribution in [0.3, 0.4) is 0 Å². The van der Waals surface area contributed by atoms with Crippen LogP contribution in [0.1, 0.15) is 16.7 Å². The highest BCUT2D eigenvalue weighted by Crippen LogP contribution is 2.24. The van der Waals surface area contributed by atoms with E-state index in [0.717, 1.165) is 18.6 Å². The Morgan fingerprint density at radius 2 is 1.33 bits per heavy atom. The van der Waals surface area contributed by atoms with Crippen LogP contribution in [-0.4, -0.2) is 0 Å². The lowest BCUT2D eigenvalue weighted by molar-refractivity contribution is 0.306. The Kier molecular flexibility index (Phi) is 5.79. The number of hydrogen-bond donors (Lipinski definition) is 0. The number of benzene rings is 3. The molecular formula is C21H18Cl2O. The molecule has 3 aromatic rings. The third-order valence-electron chi connectivity index (χ3n) is 3.83. The van der Waals surface area contributed by atoms with Crippen molar-refractivity contribution in [2.75, 3.05) is 0 Å². The lowest BCUT2D eigenvalue weighted by Gasteiger charge is -2.09. The number of rotatable bonds is 6. The van der Waals surface area contributed by atoms with E-state index in [0.29, 0.717) is 16.7 Å². The van der Waals surface area contributed by atoms with Crippen molar-refractivity contribution in [1.82, 2.24) is 0 Å². The fourth-order valence-electron chi connectivity index (χ4n) is 2.52. The van der Waals surface area contributed by atoms with Gasteiger partial charge in [-0.2, -0.15) is 0 Å². The van der Waals surface area contributed by atoms with E-state index in [9.17, 15) is 0 Å². The smallest absolute Gasteiger partial charge is 0.120 e. The minimum Gasteiger partial charge on any atom is -0.489 e. The molecule has 0 heterocycles. The molecule has 1 nitrogen and oxygen atoms in total. The molecule has 0 atom stereocenters. The molecule has 0 aliphatic rings. The quantitative estimate of drug-likeness (QED) is 0.499. The largest absolute Gasteiger partial charge is 0.489 e. The Balaban J connectivity index is 1.59. The van der Waals surface area contributed by atoms with Gasteiger partial charge in [-0.15, -0.1) is 0 Å². The summed E-state index contributed by atoms with van der Waals surface area (Å²) in [6, 6.07) is 24.2. The third-order valence-corrected chi connectivity index (χ3v) is 4.57. The van der Waals surface area contributed by atoms with E-state index in [1.807, 2.05) is 48.5 Å². The van der Waals surface area contributed by atoms with E-state index in [2.05, 4.69) is 24.3 Å². The standard InChI is InChI=1S/C21H18Cl2O/c22-20-12-11-17(14-21(20)23)10-9-16-7-4-8-19(13-16)24-15-18-5-2-1-3-6-18/h1-8,11-14H,9-10,15H2. The summed E-state index contributed by atoms with van der Waals surface area (Å²) >= 11 is 12.0. The van der Waals surface area contributed by atoms with E-state index >= 15 is 0 Å². The predicted molar refractivity (Wildman–Crippen MR) is 101 cm³/mol. The van der Waals surface area contributed by atoms with E-state index in [1.165, 1.54) is 16.7 Å². The molecule has 0 spiro atoms. The minimum absolute atomic E-state index is 0.580. The van der Waals surface area contributed by atoms with Gasteiger partial charge in [0.2, 0.25) is 0 Å². The van der Waals surface area contributed by atoms with Gasteiger partial charge in [0.1, 0.15) is 12.4 Å². The maximum Gasteiger partial charge on any atom is 0.120 e. The second-order valence-corrected chi connectivity index (χ2v) is 6.48. The maximum atomic E-state index is 6.07. The van der Waals surface area contributed by atoms with Gasteiger partial charge < -0.3 is 4.74 Å². The van der Waals surface area contributed by atoms with Crippen molar-refractivity contribution in [2.24, 2.45) is 0 Å². The first-order valence-corrected chi connectivity index (χ1v) is 8.66. The van der Waals surface area contributed by atoms with E-state index in [1.54, 1.807) is 0 Å². The number of ether oxygens (including phenoxy) is 1. The molecule has 0 saturated carbocycles. The number of halogens is 2. The number of aryl methyl sites for hydroxylation is 2. The Bertz CT molecular complexity index is 800. The Morgan fingerprint density at radius 1 is 0.625 bits per heavy atom. The molecule has 0 bridgehead atoms. The molecule has 3 heteroatoms. The maximum absolute atomic E-state index is 6.07.